The number of hydrogen-bond donors (Lipinski definition) is 1. The van der Waals surface area contributed by atoms with E-state index in [0.717, 1.165) is 0 Å². The van der Waals surface area contributed by atoms with Gasteiger partial charge in [-0.25, -0.2) is 14.6 Å². The van der Waals surface area contributed by atoms with Gasteiger partial charge in [-0.2, -0.15) is 9.65 Å². The minimum Gasteiger partial charge on any atom is -0.506 e. The zero-order valence-electron chi connectivity index (χ0n) is 17.7. The van der Waals surface area contributed by atoms with Gasteiger partial charge in [0.25, 0.3) is 0 Å². The van der Waals surface area contributed by atoms with Crippen molar-refractivity contribution in [1.29, 1.82) is 5.26 Å². The third kappa shape index (κ3) is 4.41. The molecule has 14 heteroatoms. The number of aromatic nitrogens is 5. The molecule has 0 saturated carbocycles. The fourth-order valence-electron chi connectivity index (χ4n) is 3.90. The van der Waals surface area contributed by atoms with E-state index < -0.39 is 35.7 Å². The Morgan fingerprint density at radius 3 is 2.89 bits per heavy atom. The molecule has 10 nitrogen and oxygen atoms in total. The first-order valence-corrected chi connectivity index (χ1v) is 11.7. The molecule has 1 saturated heterocycles. The molecule has 5 rings (SSSR count). The van der Waals surface area contributed by atoms with Gasteiger partial charge in [-0.05, 0) is 18.2 Å². The Morgan fingerprint density at radius 2 is 2.14 bits per heavy atom. The van der Waals surface area contributed by atoms with E-state index in [1.807, 2.05) is 6.07 Å². The Hall–Kier alpha value is -2.95. The van der Waals surface area contributed by atoms with Gasteiger partial charge in [0.05, 0.1) is 21.9 Å². The highest BCUT2D eigenvalue weighted by Crippen LogP contribution is 2.44. The summed E-state index contributed by atoms with van der Waals surface area (Å²) < 4.78 is 33.0. The third-order valence-electron chi connectivity index (χ3n) is 5.48. The van der Waals surface area contributed by atoms with Gasteiger partial charge in [0.2, 0.25) is 5.95 Å². The molecule has 180 valence electrons. The minimum atomic E-state index is -0.833. The monoisotopic (exact) mass is 536 g/mol. The highest BCUT2D eigenvalue weighted by Gasteiger charge is 2.53. The predicted octanol–water partition coefficient (Wildman–Crippen LogP) is 3.92. The number of pyridine rings is 2. The van der Waals surface area contributed by atoms with Crippen LogP contribution in [0.25, 0.3) is 11.4 Å². The first-order chi connectivity index (χ1) is 16.9. The van der Waals surface area contributed by atoms with E-state index in [1.165, 1.54) is 48.1 Å². The van der Waals surface area contributed by atoms with Crippen molar-refractivity contribution in [2.75, 3.05) is 7.11 Å². The summed E-state index contributed by atoms with van der Waals surface area (Å²) in [6, 6.07) is 5.89. The molecular formula is C21H15Cl2FN6O4S. The molecule has 1 fully saturated rings. The molecule has 0 spiro atoms. The Kier molecular flexibility index (Phi) is 6.52. The maximum atomic E-state index is 13.9. The van der Waals surface area contributed by atoms with Crippen LogP contribution in [0, 0.1) is 17.3 Å². The number of halogens is 3. The number of aliphatic hydroxyl groups excluding tert-OH is 1. The first-order valence-electron chi connectivity index (χ1n) is 10.1. The Labute approximate surface area is 212 Å². The molecule has 5 atom stereocenters. The molecule has 2 aliphatic rings. The topological polar surface area (TPSA) is 128 Å². The standard InChI is InChI=1S/C21H15Cl2FN6O4S/c1-32-19-16(30-7-13(28-29-30)11-3-2-10(23)20(24)27-11)18-17(14(31)8-33-18)34-21(19)35-15-4-9(22)6-26-12(15)5-25/h2-4,6-8,16-19,21,31H,1H3/t16?,17?,18-,19?,21-/m1/s1. The number of nitriles is 1. The number of methoxy groups -OCH3 is 1. The number of ether oxygens (including phenoxy) is 3. The second kappa shape index (κ2) is 9.60. The maximum absolute atomic E-state index is 13.9. The number of thioether (sulfide) groups is 1. The lowest BCUT2D eigenvalue weighted by atomic mass is 9.97. The average molecular weight is 537 g/mol. The van der Waals surface area contributed by atoms with E-state index in [4.69, 9.17) is 37.4 Å². The number of aliphatic hydroxyl groups is 1. The molecule has 3 unspecified atom stereocenters. The van der Waals surface area contributed by atoms with Crippen LogP contribution in [0.4, 0.5) is 4.39 Å². The summed E-state index contributed by atoms with van der Waals surface area (Å²) in [5.41, 5.74) is -0.0326. The Morgan fingerprint density at radius 1 is 1.31 bits per heavy atom. The van der Waals surface area contributed by atoms with Crippen LogP contribution in [0.15, 0.2) is 47.5 Å². The van der Waals surface area contributed by atoms with Crippen LogP contribution < -0.4 is 0 Å². The number of nitrogens with zero attached hydrogens (tertiary/aromatic N) is 6. The molecule has 1 N–H and O–H groups in total. The summed E-state index contributed by atoms with van der Waals surface area (Å²) in [5, 5.41) is 28.4. The maximum Gasteiger partial charge on any atom is 0.232 e. The zero-order chi connectivity index (χ0) is 24.7. The largest absolute Gasteiger partial charge is 0.506 e. The van der Waals surface area contributed by atoms with E-state index >= 15 is 0 Å². The summed E-state index contributed by atoms with van der Waals surface area (Å²) in [5.74, 6) is -0.931. The molecule has 3 aromatic rings. The molecule has 0 amide bonds. The Bertz CT molecular complexity index is 1350. The molecule has 0 bridgehead atoms. The van der Waals surface area contributed by atoms with Gasteiger partial charge in [0.15, 0.2) is 23.7 Å². The van der Waals surface area contributed by atoms with Crippen molar-refractivity contribution < 1.29 is 23.7 Å². The number of fused-ring (bicyclic) bond motifs is 1. The summed E-state index contributed by atoms with van der Waals surface area (Å²) in [7, 11) is 1.49. The van der Waals surface area contributed by atoms with Gasteiger partial charge < -0.3 is 19.3 Å². The second-order valence-electron chi connectivity index (χ2n) is 7.54. The molecule has 0 radical (unpaired) electrons. The fraction of sp³-hybridized carbons (Fsp3) is 0.286. The lowest BCUT2D eigenvalue weighted by molar-refractivity contribution is -0.160. The number of hydrogen-bond acceptors (Lipinski definition) is 10. The Balaban J connectivity index is 1.51. The van der Waals surface area contributed by atoms with Crippen molar-refractivity contribution in [2.24, 2.45) is 0 Å². The van der Waals surface area contributed by atoms with Gasteiger partial charge in [-0.1, -0.05) is 40.2 Å². The molecule has 3 aromatic heterocycles. The van der Waals surface area contributed by atoms with E-state index in [1.54, 1.807) is 12.3 Å². The van der Waals surface area contributed by atoms with Gasteiger partial charge in [0, 0.05) is 18.2 Å². The minimum absolute atomic E-state index is 0.105. The lowest BCUT2D eigenvalue weighted by Gasteiger charge is -2.42. The number of rotatable bonds is 5. The summed E-state index contributed by atoms with van der Waals surface area (Å²) in [6.07, 6.45) is 1.93. The van der Waals surface area contributed by atoms with Crippen LogP contribution in [-0.4, -0.2) is 60.9 Å². The van der Waals surface area contributed by atoms with Gasteiger partial charge in [0.1, 0.15) is 35.6 Å². The fourth-order valence-corrected chi connectivity index (χ4v) is 5.46. The van der Waals surface area contributed by atoms with Crippen molar-refractivity contribution in [3.63, 3.8) is 0 Å². The normalized spacial score (nSPS) is 25.5. The van der Waals surface area contributed by atoms with E-state index in [9.17, 15) is 14.8 Å². The highest BCUT2D eigenvalue weighted by atomic mass is 35.5. The lowest BCUT2D eigenvalue weighted by Crippen LogP contribution is -2.54. The van der Waals surface area contributed by atoms with Crippen LogP contribution in [-0.2, 0) is 14.2 Å². The molecular weight excluding hydrogens is 522 g/mol. The van der Waals surface area contributed by atoms with E-state index in [0.29, 0.717) is 15.6 Å². The molecule has 35 heavy (non-hydrogen) atoms. The molecule has 2 aliphatic heterocycles. The van der Waals surface area contributed by atoms with Crippen LogP contribution >= 0.6 is 35.0 Å². The summed E-state index contributed by atoms with van der Waals surface area (Å²) in [4.78, 5) is 8.34. The van der Waals surface area contributed by atoms with E-state index in [2.05, 4.69) is 20.3 Å². The smallest absolute Gasteiger partial charge is 0.232 e. The van der Waals surface area contributed by atoms with Crippen molar-refractivity contribution in [3.05, 3.63) is 64.3 Å². The van der Waals surface area contributed by atoms with Gasteiger partial charge >= 0.3 is 0 Å². The third-order valence-corrected chi connectivity index (χ3v) is 7.15. The predicted molar refractivity (Wildman–Crippen MR) is 122 cm³/mol. The first kappa shape index (κ1) is 23.8. The van der Waals surface area contributed by atoms with Gasteiger partial charge in [-0.3, -0.25) is 0 Å². The SMILES string of the molecule is COC1C(n2cc(-c3ccc(Cl)c(F)n3)nn2)[C@H]2OC=C(O)C2O[C@@H]1Sc1cc(Cl)cnc1C#N. The molecule has 0 aliphatic carbocycles. The summed E-state index contributed by atoms with van der Waals surface area (Å²) >= 11 is 13.0. The van der Waals surface area contributed by atoms with Crippen LogP contribution in [0.2, 0.25) is 10.0 Å². The van der Waals surface area contributed by atoms with Crippen LogP contribution in [0.5, 0.6) is 0 Å². The average Bonchev–Trinajstić information content (AvgIpc) is 3.47. The highest BCUT2D eigenvalue weighted by molar-refractivity contribution is 7.99. The van der Waals surface area contributed by atoms with Crippen molar-refractivity contribution in [2.45, 2.75) is 34.7 Å². The zero-order valence-corrected chi connectivity index (χ0v) is 20.1. The summed E-state index contributed by atoms with van der Waals surface area (Å²) in [6.45, 7) is 0. The van der Waals surface area contributed by atoms with Crippen LogP contribution in [0.1, 0.15) is 11.7 Å². The van der Waals surface area contributed by atoms with Crippen LogP contribution in [0.3, 0.4) is 0 Å². The van der Waals surface area contributed by atoms with Crippen molar-refractivity contribution >= 4 is 35.0 Å². The molecule has 5 heterocycles. The van der Waals surface area contributed by atoms with Crippen molar-refractivity contribution in [1.82, 2.24) is 25.0 Å². The van der Waals surface area contributed by atoms with Crippen molar-refractivity contribution in [3.8, 4) is 17.5 Å². The molecule has 0 aromatic carbocycles. The van der Waals surface area contributed by atoms with E-state index in [-0.39, 0.29) is 22.2 Å². The second-order valence-corrected chi connectivity index (χ2v) is 9.53. The quantitative estimate of drug-likeness (QED) is 0.478. The van der Waals surface area contributed by atoms with Gasteiger partial charge in [-0.15, -0.1) is 5.10 Å².